The number of hydrazine groups is 1. The SMILES string of the molecule is Cc1oc(CSc2n[nH]c(=O)n2C)cc1C(=O)NN. The van der Waals surface area contributed by atoms with E-state index in [1.54, 1.807) is 20.0 Å². The monoisotopic (exact) mass is 283 g/mol. The van der Waals surface area contributed by atoms with Gasteiger partial charge in [0.25, 0.3) is 5.91 Å². The van der Waals surface area contributed by atoms with Gasteiger partial charge in [-0.1, -0.05) is 11.8 Å². The summed E-state index contributed by atoms with van der Waals surface area (Å²) >= 11 is 1.33. The number of hydrogen-bond acceptors (Lipinski definition) is 6. The second-order valence-electron chi connectivity index (χ2n) is 3.82. The van der Waals surface area contributed by atoms with Crippen molar-refractivity contribution in [2.24, 2.45) is 12.9 Å². The quantitative estimate of drug-likeness (QED) is 0.312. The first-order chi connectivity index (χ1) is 9.02. The number of hydrogen-bond donors (Lipinski definition) is 3. The predicted octanol–water partition coefficient (Wildman–Crippen LogP) is -0.0944. The summed E-state index contributed by atoms with van der Waals surface area (Å²) in [5, 5.41) is 6.75. The molecule has 4 N–H and O–H groups in total. The lowest BCUT2D eigenvalue weighted by molar-refractivity contribution is 0.0952. The maximum absolute atomic E-state index is 11.4. The van der Waals surface area contributed by atoms with Gasteiger partial charge < -0.3 is 4.42 Å². The van der Waals surface area contributed by atoms with Crippen LogP contribution in [0.1, 0.15) is 21.9 Å². The summed E-state index contributed by atoms with van der Waals surface area (Å²) in [5.41, 5.74) is 2.17. The van der Waals surface area contributed by atoms with Crippen molar-refractivity contribution in [2.75, 3.05) is 0 Å². The third kappa shape index (κ3) is 2.71. The van der Waals surface area contributed by atoms with Crippen molar-refractivity contribution in [1.82, 2.24) is 20.2 Å². The number of aryl methyl sites for hydroxylation is 1. The van der Waals surface area contributed by atoms with E-state index in [0.29, 0.717) is 28.0 Å². The van der Waals surface area contributed by atoms with Gasteiger partial charge in [0.2, 0.25) is 0 Å². The minimum absolute atomic E-state index is 0.277. The molecule has 0 spiro atoms. The maximum atomic E-state index is 11.4. The van der Waals surface area contributed by atoms with Crippen molar-refractivity contribution in [1.29, 1.82) is 0 Å². The lowest BCUT2D eigenvalue weighted by Gasteiger charge is -1.96. The van der Waals surface area contributed by atoms with Gasteiger partial charge in [0.15, 0.2) is 5.16 Å². The van der Waals surface area contributed by atoms with Crippen LogP contribution in [0.15, 0.2) is 20.4 Å². The van der Waals surface area contributed by atoms with Gasteiger partial charge in [-0.05, 0) is 13.0 Å². The second-order valence-corrected chi connectivity index (χ2v) is 4.76. The van der Waals surface area contributed by atoms with Crippen molar-refractivity contribution in [3.05, 3.63) is 33.6 Å². The lowest BCUT2D eigenvalue weighted by Crippen LogP contribution is -2.30. The Kier molecular flexibility index (Phi) is 3.76. The number of aromatic nitrogens is 3. The number of rotatable bonds is 4. The number of nitrogens with one attached hydrogen (secondary N) is 2. The molecule has 2 rings (SSSR count). The molecule has 0 aliphatic rings. The van der Waals surface area contributed by atoms with Gasteiger partial charge in [-0.25, -0.2) is 15.7 Å². The number of furan rings is 1. The standard InChI is InChI=1S/C10H13N5O3S/c1-5-7(8(16)12-11)3-6(18-5)4-19-10-14-13-9(17)15(10)2/h3H,4,11H2,1-2H3,(H,12,16)(H,13,17). The van der Waals surface area contributed by atoms with Gasteiger partial charge in [-0.2, -0.15) is 0 Å². The zero-order chi connectivity index (χ0) is 14.0. The predicted molar refractivity (Wildman–Crippen MR) is 68.5 cm³/mol. The molecule has 0 fully saturated rings. The van der Waals surface area contributed by atoms with Gasteiger partial charge in [-0.15, -0.1) is 5.10 Å². The van der Waals surface area contributed by atoms with Crippen LogP contribution < -0.4 is 17.0 Å². The summed E-state index contributed by atoms with van der Waals surface area (Å²) < 4.78 is 6.84. The van der Waals surface area contributed by atoms with Crippen LogP contribution in [-0.4, -0.2) is 20.7 Å². The molecule has 0 saturated heterocycles. The van der Waals surface area contributed by atoms with Crippen molar-refractivity contribution < 1.29 is 9.21 Å². The molecular formula is C10H13N5O3S. The van der Waals surface area contributed by atoms with E-state index in [1.807, 2.05) is 0 Å². The highest BCUT2D eigenvalue weighted by atomic mass is 32.2. The minimum atomic E-state index is -0.398. The average Bonchev–Trinajstić information content (AvgIpc) is 2.91. The van der Waals surface area contributed by atoms with Crippen LogP contribution in [0.4, 0.5) is 0 Å². The minimum Gasteiger partial charge on any atom is -0.465 e. The molecule has 0 aliphatic heterocycles. The number of thioether (sulfide) groups is 1. The fourth-order valence-electron chi connectivity index (χ4n) is 1.52. The van der Waals surface area contributed by atoms with E-state index in [2.05, 4.69) is 15.6 Å². The third-order valence-corrected chi connectivity index (χ3v) is 3.58. The Morgan fingerprint density at radius 3 is 3.00 bits per heavy atom. The van der Waals surface area contributed by atoms with Gasteiger partial charge in [0, 0.05) is 7.05 Å². The summed E-state index contributed by atoms with van der Waals surface area (Å²) in [6.07, 6.45) is 0. The molecule has 0 aromatic carbocycles. The summed E-state index contributed by atoms with van der Waals surface area (Å²) in [6.45, 7) is 1.68. The lowest BCUT2D eigenvalue weighted by atomic mass is 10.2. The molecule has 2 heterocycles. The average molecular weight is 283 g/mol. The highest BCUT2D eigenvalue weighted by Crippen LogP contribution is 2.22. The molecule has 2 aromatic rings. The molecule has 0 atom stereocenters. The number of carbonyl (C=O) groups excluding carboxylic acids is 1. The fourth-order valence-corrected chi connectivity index (χ4v) is 2.32. The van der Waals surface area contributed by atoms with Crippen LogP contribution in [0.5, 0.6) is 0 Å². The van der Waals surface area contributed by atoms with E-state index >= 15 is 0 Å². The molecule has 19 heavy (non-hydrogen) atoms. The van der Waals surface area contributed by atoms with E-state index < -0.39 is 5.91 Å². The number of amides is 1. The zero-order valence-corrected chi connectivity index (χ0v) is 11.2. The summed E-state index contributed by atoms with van der Waals surface area (Å²) in [6, 6.07) is 1.62. The van der Waals surface area contributed by atoms with Crippen molar-refractivity contribution >= 4 is 17.7 Å². The van der Waals surface area contributed by atoms with E-state index in [0.717, 1.165) is 0 Å². The van der Waals surface area contributed by atoms with Crippen LogP contribution in [0.2, 0.25) is 0 Å². The van der Waals surface area contributed by atoms with Crippen molar-refractivity contribution in [3.8, 4) is 0 Å². The number of nitrogen functional groups attached to an aromatic ring is 1. The van der Waals surface area contributed by atoms with Crippen LogP contribution in [0.25, 0.3) is 0 Å². The van der Waals surface area contributed by atoms with Crippen LogP contribution in [-0.2, 0) is 12.8 Å². The smallest absolute Gasteiger partial charge is 0.343 e. The molecule has 1 amide bonds. The summed E-state index contributed by atoms with van der Waals surface area (Å²) in [7, 11) is 1.62. The van der Waals surface area contributed by atoms with Gasteiger partial charge in [0.1, 0.15) is 11.5 Å². The normalized spacial score (nSPS) is 10.7. The van der Waals surface area contributed by atoms with Crippen molar-refractivity contribution in [3.63, 3.8) is 0 Å². The van der Waals surface area contributed by atoms with Crippen LogP contribution >= 0.6 is 11.8 Å². The maximum Gasteiger partial charge on any atom is 0.343 e. The van der Waals surface area contributed by atoms with Crippen LogP contribution in [0.3, 0.4) is 0 Å². The Hall–Kier alpha value is -2.00. The Balaban J connectivity index is 2.10. The molecule has 102 valence electrons. The summed E-state index contributed by atoms with van der Waals surface area (Å²) in [4.78, 5) is 22.6. The highest BCUT2D eigenvalue weighted by Gasteiger charge is 2.15. The first-order valence-corrected chi connectivity index (χ1v) is 6.36. The molecule has 0 radical (unpaired) electrons. The molecule has 8 nitrogen and oxygen atoms in total. The number of aromatic amines is 1. The van der Waals surface area contributed by atoms with Crippen LogP contribution in [0, 0.1) is 6.92 Å². The topological polar surface area (TPSA) is 119 Å². The largest absolute Gasteiger partial charge is 0.465 e. The molecule has 0 unspecified atom stereocenters. The van der Waals surface area contributed by atoms with Gasteiger partial charge >= 0.3 is 5.69 Å². The Bertz CT molecular complexity index is 656. The fraction of sp³-hybridized carbons (Fsp3) is 0.300. The number of nitrogens with two attached hydrogens (primary N) is 1. The molecule has 0 saturated carbocycles. The molecule has 0 aliphatic carbocycles. The first-order valence-electron chi connectivity index (χ1n) is 5.37. The van der Waals surface area contributed by atoms with E-state index in [4.69, 9.17) is 10.3 Å². The van der Waals surface area contributed by atoms with E-state index in [1.165, 1.54) is 16.3 Å². The van der Waals surface area contributed by atoms with Gasteiger partial charge in [0.05, 0.1) is 11.3 Å². The highest BCUT2D eigenvalue weighted by molar-refractivity contribution is 7.98. The molecule has 0 bridgehead atoms. The second kappa shape index (κ2) is 5.33. The number of nitrogens with zero attached hydrogens (tertiary/aromatic N) is 2. The van der Waals surface area contributed by atoms with Crippen molar-refractivity contribution in [2.45, 2.75) is 17.8 Å². The third-order valence-electron chi connectivity index (χ3n) is 2.53. The molecule has 2 aromatic heterocycles. The summed E-state index contributed by atoms with van der Waals surface area (Å²) in [5.74, 6) is 6.23. The Labute approximate surface area is 112 Å². The Morgan fingerprint density at radius 2 is 2.42 bits per heavy atom. The van der Waals surface area contributed by atoms with E-state index in [-0.39, 0.29) is 5.69 Å². The van der Waals surface area contributed by atoms with Gasteiger partial charge in [-0.3, -0.25) is 14.8 Å². The zero-order valence-electron chi connectivity index (χ0n) is 10.4. The number of carbonyl (C=O) groups is 1. The first kappa shape index (κ1) is 13.4. The Morgan fingerprint density at radius 1 is 1.68 bits per heavy atom. The number of H-pyrrole nitrogens is 1. The van der Waals surface area contributed by atoms with E-state index in [9.17, 15) is 9.59 Å². The molecular weight excluding hydrogens is 270 g/mol. The molecule has 9 heteroatoms.